The Labute approximate surface area is 266 Å². The number of carbonyl (C=O) groups is 2. The number of hydrogen-bond acceptors (Lipinski definition) is 5. The summed E-state index contributed by atoms with van der Waals surface area (Å²) in [6.45, 7) is 11.8. The molecule has 0 saturated carbocycles. The fourth-order valence-corrected chi connectivity index (χ4v) is 6.24. The number of benzene rings is 3. The maximum Gasteiger partial charge on any atom is 0.295 e. The van der Waals surface area contributed by atoms with Crippen LogP contribution in [0.4, 0.5) is 0 Å². The predicted molar refractivity (Wildman–Crippen MR) is 181 cm³/mol. The molecule has 5 rings (SSSR count). The molecule has 1 amide bonds. The van der Waals surface area contributed by atoms with Gasteiger partial charge in [-0.1, -0.05) is 99.6 Å². The third kappa shape index (κ3) is 7.58. The second kappa shape index (κ2) is 13.6. The van der Waals surface area contributed by atoms with Crippen molar-refractivity contribution in [1.29, 1.82) is 0 Å². The standard InChI is InChI=1S/C37H41N3O4Si/c1-37(2,3)45(4,5)44-33(29-18-13-21-38-22-29)25-40(24-27-14-8-6-9-15-27)36(42)35(41)31-23-39-34-30(31)19-12-20-32(34)43-26-28-16-10-7-11-17-28/h6-23,33,39H,24-26H2,1-5H3/t33-/m0/s1. The lowest BCUT2D eigenvalue weighted by atomic mass is 10.1. The second-order valence-electron chi connectivity index (χ2n) is 12.8. The molecule has 0 aliphatic carbocycles. The zero-order chi connectivity index (χ0) is 32.0. The van der Waals surface area contributed by atoms with Crippen molar-refractivity contribution in [2.24, 2.45) is 0 Å². The van der Waals surface area contributed by atoms with E-state index < -0.39 is 26.1 Å². The predicted octanol–water partition coefficient (Wildman–Crippen LogP) is 8.12. The molecule has 232 valence electrons. The van der Waals surface area contributed by atoms with Gasteiger partial charge in [0.05, 0.1) is 23.7 Å². The Hall–Kier alpha value is -4.53. The molecule has 0 bridgehead atoms. The van der Waals surface area contributed by atoms with E-state index in [0.29, 0.717) is 28.8 Å². The molecule has 1 atom stereocenters. The molecule has 45 heavy (non-hydrogen) atoms. The Kier molecular flexibility index (Phi) is 9.65. The van der Waals surface area contributed by atoms with Gasteiger partial charge in [-0.05, 0) is 47.0 Å². The summed E-state index contributed by atoms with van der Waals surface area (Å²) in [5, 5.41) is 0.585. The molecule has 3 aromatic carbocycles. The normalized spacial score (nSPS) is 12.6. The number of nitrogens with one attached hydrogen (secondary N) is 1. The summed E-state index contributed by atoms with van der Waals surface area (Å²) < 4.78 is 13.0. The number of fused-ring (bicyclic) bond motifs is 1. The lowest BCUT2D eigenvalue weighted by molar-refractivity contribution is -0.128. The Balaban J connectivity index is 1.45. The van der Waals surface area contributed by atoms with Crippen molar-refractivity contribution in [3.05, 3.63) is 132 Å². The lowest BCUT2D eigenvalue weighted by Gasteiger charge is -2.40. The number of Topliss-reactive ketones (excluding diaryl/α,β-unsaturated/α-hetero) is 1. The molecule has 1 N–H and O–H groups in total. The number of hydrogen-bond donors (Lipinski definition) is 1. The highest BCUT2D eigenvalue weighted by atomic mass is 28.4. The number of ether oxygens (including phenoxy) is 1. The largest absolute Gasteiger partial charge is 0.487 e. The van der Waals surface area contributed by atoms with Crippen molar-refractivity contribution in [3.8, 4) is 5.75 Å². The van der Waals surface area contributed by atoms with Crippen LogP contribution in [0.15, 0.2) is 110 Å². The van der Waals surface area contributed by atoms with Crippen molar-refractivity contribution in [3.63, 3.8) is 0 Å². The summed E-state index contributed by atoms with van der Waals surface area (Å²) in [6.07, 6.45) is 4.65. The number of nitrogens with zero attached hydrogens (tertiary/aromatic N) is 2. The van der Waals surface area contributed by atoms with Gasteiger partial charge in [-0.3, -0.25) is 14.6 Å². The Bertz CT molecular complexity index is 1730. The molecule has 0 aliphatic heterocycles. The average molecular weight is 620 g/mol. The molecule has 2 aromatic heterocycles. The van der Waals surface area contributed by atoms with Crippen molar-refractivity contribution in [1.82, 2.24) is 14.9 Å². The minimum atomic E-state index is -2.27. The second-order valence-corrected chi connectivity index (χ2v) is 17.6. The third-order valence-corrected chi connectivity index (χ3v) is 13.0. The van der Waals surface area contributed by atoms with E-state index in [0.717, 1.165) is 16.7 Å². The molecule has 0 unspecified atom stereocenters. The van der Waals surface area contributed by atoms with Crippen LogP contribution in [0.2, 0.25) is 18.1 Å². The van der Waals surface area contributed by atoms with Gasteiger partial charge < -0.3 is 19.0 Å². The van der Waals surface area contributed by atoms with Gasteiger partial charge in [0.15, 0.2) is 8.32 Å². The maximum atomic E-state index is 14.2. The number of H-pyrrole nitrogens is 1. The highest BCUT2D eigenvalue weighted by Crippen LogP contribution is 2.40. The Morgan fingerprint density at radius 2 is 1.58 bits per heavy atom. The van der Waals surface area contributed by atoms with Gasteiger partial charge in [-0.15, -0.1) is 0 Å². The molecule has 2 heterocycles. The fourth-order valence-electron chi connectivity index (χ4n) is 4.96. The fraction of sp³-hybridized carbons (Fsp3) is 0.270. The van der Waals surface area contributed by atoms with E-state index in [-0.39, 0.29) is 18.1 Å². The van der Waals surface area contributed by atoms with E-state index in [1.165, 1.54) is 0 Å². The van der Waals surface area contributed by atoms with Crippen molar-refractivity contribution >= 4 is 30.9 Å². The summed E-state index contributed by atoms with van der Waals surface area (Å²) in [5.41, 5.74) is 3.81. The van der Waals surface area contributed by atoms with Gasteiger partial charge >= 0.3 is 0 Å². The number of amides is 1. The highest BCUT2D eigenvalue weighted by molar-refractivity contribution is 6.74. The zero-order valence-electron chi connectivity index (χ0n) is 26.6. The van der Waals surface area contributed by atoms with Gasteiger partial charge in [0.2, 0.25) is 0 Å². The average Bonchev–Trinajstić information content (AvgIpc) is 3.48. The van der Waals surface area contributed by atoms with Crippen LogP contribution in [0.25, 0.3) is 10.9 Å². The number of rotatable bonds is 12. The number of pyridine rings is 1. The monoisotopic (exact) mass is 619 g/mol. The van der Waals surface area contributed by atoms with Crippen LogP contribution < -0.4 is 4.74 Å². The summed E-state index contributed by atoms with van der Waals surface area (Å²) in [6, 6.07) is 29.0. The van der Waals surface area contributed by atoms with E-state index in [1.807, 2.05) is 91.0 Å². The van der Waals surface area contributed by atoms with Gasteiger partial charge in [-0.2, -0.15) is 0 Å². The van der Waals surface area contributed by atoms with E-state index >= 15 is 0 Å². The molecular formula is C37H41N3O4Si. The maximum absolute atomic E-state index is 14.2. The van der Waals surface area contributed by atoms with Crippen LogP contribution in [0.1, 0.15) is 53.9 Å². The molecule has 0 spiro atoms. The SMILES string of the molecule is CC(C)(C)[Si](C)(C)O[C@@H](CN(Cc1ccccc1)C(=O)C(=O)c1c[nH]c2c(OCc3ccccc3)cccc12)c1cccnc1. The molecule has 0 radical (unpaired) electrons. The number of aromatic amines is 1. The minimum absolute atomic E-state index is 0.0537. The Morgan fingerprint density at radius 1 is 0.889 bits per heavy atom. The van der Waals surface area contributed by atoms with E-state index in [4.69, 9.17) is 9.16 Å². The first-order valence-electron chi connectivity index (χ1n) is 15.3. The molecule has 7 nitrogen and oxygen atoms in total. The number of aromatic nitrogens is 2. The Morgan fingerprint density at radius 3 is 2.22 bits per heavy atom. The lowest BCUT2D eigenvalue weighted by Crippen LogP contribution is -2.45. The van der Waals surface area contributed by atoms with Crippen molar-refractivity contribution < 1.29 is 18.8 Å². The molecule has 0 fully saturated rings. The number of ketones is 1. The quantitative estimate of drug-likeness (QED) is 0.0866. The highest BCUT2D eigenvalue weighted by Gasteiger charge is 2.40. The van der Waals surface area contributed by atoms with Crippen molar-refractivity contribution in [2.75, 3.05) is 6.54 Å². The van der Waals surface area contributed by atoms with Crippen LogP contribution in [0, 0.1) is 0 Å². The van der Waals surface area contributed by atoms with Gasteiger partial charge in [0.25, 0.3) is 11.7 Å². The van der Waals surface area contributed by atoms with Gasteiger partial charge in [0.1, 0.15) is 12.4 Å². The van der Waals surface area contributed by atoms with Crippen LogP contribution >= 0.6 is 0 Å². The third-order valence-electron chi connectivity index (χ3n) is 8.54. The van der Waals surface area contributed by atoms with Gasteiger partial charge in [0, 0.05) is 30.5 Å². The molecule has 0 saturated heterocycles. The van der Waals surface area contributed by atoms with Crippen LogP contribution in [-0.2, 0) is 22.4 Å². The summed E-state index contributed by atoms with van der Waals surface area (Å²) in [7, 11) is -2.27. The smallest absolute Gasteiger partial charge is 0.295 e. The minimum Gasteiger partial charge on any atom is -0.487 e. The summed E-state index contributed by atoms with van der Waals surface area (Å²) in [5.74, 6) is -0.568. The van der Waals surface area contributed by atoms with Crippen molar-refractivity contribution in [2.45, 2.75) is 58.2 Å². The van der Waals surface area contributed by atoms with E-state index in [2.05, 4.69) is 43.8 Å². The number of para-hydroxylation sites is 1. The van der Waals surface area contributed by atoms with E-state index in [9.17, 15) is 9.59 Å². The summed E-state index contributed by atoms with van der Waals surface area (Å²) >= 11 is 0. The first-order valence-corrected chi connectivity index (χ1v) is 18.2. The first kappa shape index (κ1) is 31.9. The van der Waals surface area contributed by atoms with Crippen LogP contribution in [0.5, 0.6) is 5.75 Å². The molecule has 5 aromatic rings. The zero-order valence-corrected chi connectivity index (χ0v) is 27.6. The molecular weight excluding hydrogens is 579 g/mol. The topological polar surface area (TPSA) is 84.5 Å². The molecule has 8 heteroatoms. The number of carbonyl (C=O) groups excluding carboxylic acids is 2. The van der Waals surface area contributed by atoms with Crippen LogP contribution in [-0.4, -0.2) is 41.4 Å². The van der Waals surface area contributed by atoms with Crippen LogP contribution in [0.3, 0.4) is 0 Å². The molecule has 0 aliphatic rings. The summed E-state index contributed by atoms with van der Waals surface area (Å²) in [4.78, 5) is 37.3. The van der Waals surface area contributed by atoms with E-state index in [1.54, 1.807) is 23.5 Å². The first-order chi connectivity index (χ1) is 21.5. The van der Waals surface area contributed by atoms with Gasteiger partial charge in [-0.25, -0.2) is 0 Å².